The molecular weight excluding hydrogens is 208 g/mol. The molecule has 0 amide bonds. The van der Waals surface area contributed by atoms with Gasteiger partial charge in [-0.2, -0.15) is 0 Å². The highest BCUT2D eigenvalue weighted by molar-refractivity contribution is 5.89. The molecule has 0 fully saturated rings. The van der Waals surface area contributed by atoms with Crippen LogP contribution >= 0.6 is 0 Å². The number of ketones is 1. The molecule has 0 atom stereocenters. The van der Waals surface area contributed by atoms with Gasteiger partial charge in [0.25, 0.3) is 0 Å². The second-order valence-corrected chi connectivity index (χ2v) is 4.81. The molecule has 1 heteroatoms. The van der Waals surface area contributed by atoms with Crippen molar-refractivity contribution in [1.82, 2.24) is 0 Å². The van der Waals surface area contributed by atoms with E-state index in [9.17, 15) is 4.79 Å². The van der Waals surface area contributed by atoms with E-state index in [2.05, 4.69) is 25.3 Å². The smallest absolute Gasteiger partial charge is 0.144 e. The Labute approximate surface area is 103 Å². The van der Waals surface area contributed by atoms with E-state index in [0.717, 1.165) is 19.3 Å². The summed E-state index contributed by atoms with van der Waals surface area (Å²) in [5.41, 5.74) is 2.19. The van der Waals surface area contributed by atoms with Crippen molar-refractivity contribution in [2.75, 3.05) is 0 Å². The van der Waals surface area contributed by atoms with Gasteiger partial charge in [-0.3, -0.25) is 4.79 Å². The maximum Gasteiger partial charge on any atom is 0.144 e. The molecule has 1 aromatic carbocycles. The minimum absolute atomic E-state index is 0.294. The molecule has 1 aliphatic rings. The molecule has 1 aromatic rings. The molecule has 0 bridgehead atoms. The van der Waals surface area contributed by atoms with Crippen LogP contribution in [0.2, 0.25) is 0 Å². The summed E-state index contributed by atoms with van der Waals surface area (Å²) in [5.74, 6) is 0.330. The van der Waals surface area contributed by atoms with Crippen molar-refractivity contribution in [2.45, 2.75) is 25.7 Å². The van der Waals surface area contributed by atoms with Gasteiger partial charge in [-0.15, -0.1) is 13.2 Å². The highest BCUT2D eigenvalue weighted by Gasteiger charge is 2.39. The molecule has 0 saturated carbocycles. The van der Waals surface area contributed by atoms with Crippen molar-refractivity contribution in [1.29, 1.82) is 0 Å². The number of carbonyl (C=O) groups is 1. The lowest BCUT2D eigenvalue weighted by Gasteiger charge is -2.35. The highest BCUT2D eigenvalue weighted by atomic mass is 16.1. The van der Waals surface area contributed by atoms with Gasteiger partial charge in [-0.05, 0) is 30.4 Å². The fourth-order valence-corrected chi connectivity index (χ4v) is 2.73. The number of hydrogen-bond donors (Lipinski definition) is 0. The lowest BCUT2D eigenvalue weighted by molar-refractivity contribution is -0.128. The van der Waals surface area contributed by atoms with E-state index in [1.54, 1.807) is 0 Å². The lowest BCUT2D eigenvalue weighted by Crippen LogP contribution is -2.38. The number of fused-ring (bicyclic) bond motifs is 1. The maximum absolute atomic E-state index is 12.4. The molecule has 0 radical (unpaired) electrons. The average molecular weight is 226 g/mol. The van der Waals surface area contributed by atoms with Gasteiger partial charge in [0.15, 0.2) is 0 Å². The first-order valence-corrected chi connectivity index (χ1v) is 6.04. The Morgan fingerprint density at radius 3 is 2.29 bits per heavy atom. The van der Waals surface area contributed by atoms with Crippen LogP contribution in [0.15, 0.2) is 49.6 Å². The summed E-state index contributed by atoms with van der Waals surface area (Å²) in [5, 5.41) is 0. The number of Topliss-reactive ketones (excluding diaryl/α,β-unsaturated/α-hetero) is 1. The average Bonchev–Trinajstić information content (AvgIpc) is 2.31. The zero-order chi connectivity index (χ0) is 12.3. The first-order valence-electron chi connectivity index (χ1n) is 6.04. The number of rotatable bonds is 4. The van der Waals surface area contributed by atoms with E-state index in [1.165, 1.54) is 11.1 Å². The van der Waals surface area contributed by atoms with E-state index in [0.29, 0.717) is 12.2 Å². The molecule has 0 spiro atoms. The lowest BCUT2D eigenvalue weighted by atomic mass is 9.67. The fourth-order valence-electron chi connectivity index (χ4n) is 2.73. The number of benzene rings is 1. The predicted octanol–water partition coefficient (Wildman–Crippen LogP) is 3.49. The number of carbonyl (C=O) groups excluding carboxylic acids is 1. The zero-order valence-corrected chi connectivity index (χ0v) is 10.1. The molecule has 0 N–H and O–H groups in total. The Bertz CT molecular complexity index is 446. The monoisotopic (exact) mass is 226 g/mol. The van der Waals surface area contributed by atoms with Crippen LogP contribution in [0.4, 0.5) is 0 Å². The standard InChI is InChI=1S/C16H18O/c1-3-9-16(10-4-2)12-14-8-6-5-7-13(14)11-15(16)17/h3-8H,1-2,9-12H2. The Kier molecular flexibility index (Phi) is 3.28. The Morgan fingerprint density at radius 2 is 1.71 bits per heavy atom. The summed E-state index contributed by atoms with van der Waals surface area (Å²) >= 11 is 0. The van der Waals surface area contributed by atoms with Crippen molar-refractivity contribution >= 4 is 5.78 Å². The third kappa shape index (κ3) is 2.10. The molecule has 0 saturated heterocycles. The molecule has 88 valence electrons. The van der Waals surface area contributed by atoms with Crippen LogP contribution in [-0.2, 0) is 17.6 Å². The van der Waals surface area contributed by atoms with Crippen molar-refractivity contribution in [3.8, 4) is 0 Å². The van der Waals surface area contributed by atoms with E-state index in [4.69, 9.17) is 0 Å². The minimum Gasteiger partial charge on any atom is -0.299 e. The number of hydrogen-bond acceptors (Lipinski definition) is 1. The first kappa shape index (κ1) is 11.8. The Balaban J connectivity index is 2.40. The van der Waals surface area contributed by atoms with Gasteiger partial charge in [0.2, 0.25) is 0 Å². The Morgan fingerprint density at radius 1 is 1.12 bits per heavy atom. The SMILES string of the molecule is C=CCC1(CC=C)Cc2ccccc2CC1=O. The van der Waals surface area contributed by atoms with Gasteiger partial charge in [0.1, 0.15) is 5.78 Å². The number of allylic oxidation sites excluding steroid dienone is 2. The third-order valence-electron chi connectivity index (χ3n) is 3.66. The van der Waals surface area contributed by atoms with Crippen LogP contribution in [0.3, 0.4) is 0 Å². The molecule has 1 aliphatic carbocycles. The Hall–Kier alpha value is -1.63. The van der Waals surface area contributed by atoms with Gasteiger partial charge >= 0.3 is 0 Å². The largest absolute Gasteiger partial charge is 0.299 e. The predicted molar refractivity (Wildman–Crippen MR) is 70.9 cm³/mol. The second kappa shape index (κ2) is 4.70. The van der Waals surface area contributed by atoms with Crippen LogP contribution in [0.1, 0.15) is 24.0 Å². The van der Waals surface area contributed by atoms with Gasteiger partial charge in [0, 0.05) is 11.8 Å². The van der Waals surface area contributed by atoms with E-state index in [1.807, 2.05) is 24.3 Å². The van der Waals surface area contributed by atoms with Gasteiger partial charge in [-0.25, -0.2) is 0 Å². The molecule has 0 aromatic heterocycles. The summed E-state index contributed by atoms with van der Waals surface area (Å²) < 4.78 is 0. The van der Waals surface area contributed by atoms with Gasteiger partial charge < -0.3 is 0 Å². The third-order valence-corrected chi connectivity index (χ3v) is 3.66. The first-order chi connectivity index (χ1) is 8.22. The van der Waals surface area contributed by atoms with E-state index >= 15 is 0 Å². The van der Waals surface area contributed by atoms with Crippen LogP contribution in [-0.4, -0.2) is 5.78 Å². The van der Waals surface area contributed by atoms with E-state index in [-0.39, 0.29) is 5.41 Å². The van der Waals surface area contributed by atoms with Crippen molar-refractivity contribution in [2.24, 2.45) is 5.41 Å². The highest BCUT2D eigenvalue weighted by Crippen LogP contribution is 2.39. The van der Waals surface area contributed by atoms with Crippen LogP contribution < -0.4 is 0 Å². The fraction of sp³-hybridized carbons (Fsp3) is 0.312. The van der Waals surface area contributed by atoms with Crippen molar-refractivity contribution in [3.63, 3.8) is 0 Å². The van der Waals surface area contributed by atoms with Crippen molar-refractivity contribution < 1.29 is 4.79 Å². The molecule has 0 unspecified atom stereocenters. The van der Waals surface area contributed by atoms with E-state index < -0.39 is 0 Å². The quantitative estimate of drug-likeness (QED) is 0.718. The molecular formula is C16H18O. The normalized spacial score (nSPS) is 17.3. The molecule has 0 heterocycles. The summed E-state index contributed by atoms with van der Waals surface area (Å²) in [6.07, 6.45) is 6.57. The summed E-state index contributed by atoms with van der Waals surface area (Å²) in [6, 6.07) is 8.23. The van der Waals surface area contributed by atoms with Crippen LogP contribution in [0.5, 0.6) is 0 Å². The second-order valence-electron chi connectivity index (χ2n) is 4.81. The maximum atomic E-state index is 12.4. The van der Waals surface area contributed by atoms with Crippen LogP contribution in [0, 0.1) is 5.41 Å². The summed E-state index contributed by atoms with van der Waals surface area (Å²) in [4.78, 5) is 12.4. The minimum atomic E-state index is -0.294. The van der Waals surface area contributed by atoms with Gasteiger partial charge in [0.05, 0.1) is 0 Å². The molecule has 0 aliphatic heterocycles. The molecule has 1 nitrogen and oxygen atoms in total. The topological polar surface area (TPSA) is 17.1 Å². The van der Waals surface area contributed by atoms with Gasteiger partial charge in [-0.1, -0.05) is 36.4 Å². The van der Waals surface area contributed by atoms with Crippen LogP contribution in [0.25, 0.3) is 0 Å². The zero-order valence-electron chi connectivity index (χ0n) is 10.1. The molecule has 2 rings (SSSR count). The van der Waals surface area contributed by atoms with Crippen molar-refractivity contribution in [3.05, 3.63) is 60.7 Å². The summed E-state index contributed by atoms with van der Waals surface area (Å²) in [7, 11) is 0. The summed E-state index contributed by atoms with van der Waals surface area (Å²) in [6.45, 7) is 7.57. The molecule has 17 heavy (non-hydrogen) atoms.